The summed E-state index contributed by atoms with van der Waals surface area (Å²) in [5.74, 6) is 0.0675. The van der Waals surface area contributed by atoms with E-state index < -0.39 is 17.7 Å². The zero-order valence-electron chi connectivity index (χ0n) is 9.80. The number of nitrogens with zero attached hydrogens (tertiary/aromatic N) is 1. The second kappa shape index (κ2) is 5.34. The molecule has 1 heterocycles. The number of rotatable bonds is 3. The predicted octanol–water partition coefficient (Wildman–Crippen LogP) is 2.73. The van der Waals surface area contributed by atoms with Crippen LogP contribution in [0, 0.1) is 5.82 Å². The van der Waals surface area contributed by atoms with Crippen LogP contribution in [0.2, 0.25) is 0 Å². The molecule has 102 valence electrons. The summed E-state index contributed by atoms with van der Waals surface area (Å²) in [5.41, 5.74) is 2.82. The van der Waals surface area contributed by atoms with Crippen LogP contribution in [0.4, 0.5) is 17.6 Å². The molecule has 7 heteroatoms. The van der Waals surface area contributed by atoms with Crippen molar-refractivity contribution >= 4 is 22.7 Å². The molecule has 3 N–H and O–H groups in total. The lowest BCUT2D eigenvalue weighted by Crippen LogP contribution is -2.51. The monoisotopic (exact) mass is 291 g/mol. The minimum Gasteiger partial charge on any atom is -0.357 e. The Hall–Kier alpha value is -1.34. The first-order valence-corrected chi connectivity index (χ1v) is 6.50. The Labute approximate surface area is 111 Å². The lowest BCUT2D eigenvalue weighted by Gasteiger charge is -2.11. The number of hydrogen-bond acceptors (Lipinski definition) is 2. The van der Waals surface area contributed by atoms with E-state index in [2.05, 4.69) is 10.7 Å². The van der Waals surface area contributed by atoms with E-state index in [1.165, 1.54) is 23.9 Å². The van der Waals surface area contributed by atoms with Crippen molar-refractivity contribution in [2.75, 3.05) is 12.3 Å². The highest BCUT2D eigenvalue weighted by atomic mass is 32.2. The summed E-state index contributed by atoms with van der Waals surface area (Å²) in [6.07, 6.45) is -4.51. The second-order valence-corrected chi connectivity index (χ2v) is 5.00. The summed E-state index contributed by atoms with van der Waals surface area (Å²) in [7, 11) is 0. The molecule has 1 aromatic heterocycles. The molecule has 0 fully saturated rings. The van der Waals surface area contributed by atoms with Crippen LogP contribution in [0.1, 0.15) is 5.69 Å². The number of alkyl halides is 3. The number of benzene rings is 1. The summed E-state index contributed by atoms with van der Waals surface area (Å²) in [4.78, 5) is 3.91. The average Bonchev–Trinajstić information content (AvgIpc) is 2.34. The van der Waals surface area contributed by atoms with E-state index >= 15 is 0 Å². The van der Waals surface area contributed by atoms with Gasteiger partial charge in [0.15, 0.2) is 0 Å². The fourth-order valence-corrected chi connectivity index (χ4v) is 2.49. The van der Waals surface area contributed by atoms with Gasteiger partial charge < -0.3 is 5.73 Å². The summed E-state index contributed by atoms with van der Waals surface area (Å²) in [5, 5.41) is 0.395. The molecule has 0 bridgehead atoms. The van der Waals surface area contributed by atoms with Crippen molar-refractivity contribution in [2.45, 2.75) is 11.1 Å². The minimum absolute atomic E-state index is 0.141. The molecule has 2 rings (SSSR count). The van der Waals surface area contributed by atoms with E-state index in [9.17, 15) is 17.6 Å². The first-order chi connectivity index (χ1) is 8.91. The van der Waals surface area contributed by atoms with Gasteiger partial charge in [0.05, 0.1) is 12.1 Å². The number of halogens is 4. The summed E-state index contributed by atoms with van der Waals surface area (Å²) >= 11 is 1.22. The predicted molar refractivity (Wildman–Crippen MR) is 65.2 cm³/mol. The summed E-state index contributed by atoms with van der Waals surface area (Å²) in [6, 6.07) is 4.52. The molecule has 0 aliphatic rings. The molecule has 0 atom stereocenters. The lowest BCUT2D eigenvalue weighted by molar-refractivity contribution is -0.360. The van der Waals surface area contributed by atoms with Gasteiger partial charge in [-0.2, -0.15) is 13.2 Å². The molecule has 0 saturated carbocycles. The zero-order chi connectivity index (χ0) is 14.0. The van der Waals surface area contributed by atoms with Crippen LogP contribution in [0.5, 0.6) is 0 Å². The van der Waals surface area contributed by atoms with Crippen molar-refractivity contribution in [3.05, 3.63) is 35.8 Å². The van der Waals surface area contributed by atoms with Gasteiger partial charge in [0, 0.05) is 16.0 Å². The van der Waals surface area contributed by atoms with Crippen LogP contribution in [0.25, 0.3) is 10.9 Å². The van der Waals surface area contributed by atoms with Gasteiger partial charge in [-0.05, 0) is 24.3 Å². The molecule has 0 aliphatic carbocycles. The van der Waals surface area contributed by atoms with E-state index in [1.54, 1.807) is 0 Å². The van der Waals surface area contributed by atoms with Gasteiger partial charge in [-0.25, -0.2) is 9.37 Å². The molecular weight excluding hydrogens is 280 g/mol. The first-order valence-electron chi connectivity index (χ1n) is 5.51. The Morgan fingerprint density at radius 3 is 2.58 bits per heavy atom. The summed E-state index contributed by atoms with van der Waals surface area (Å²) in [6.45, 7) is 0.575. The van der Waals surface area contributed by atoms with E-state index in [1.807, 2.05) is 0 Å². The van der Waals surface area contributed by atoms with Gasteiger partial charge in [0.2, 0.25) is 0 Å². The highest BCUT2D eigenvalue weighted by Gasteiger charge is 2.33. The Balaban J connectivity index is 2.62. The maximum atomic E-state index is 13.2. The number of hydrogen-bond donors (Lipinski definition) is 1. The standard InChI is InChI=1S/C12H10F4N2S/c13-7-1-2-9-8(5-7)10(19-4-3-17)6-11(18-9)12(14,15)16/h1-2,5-6H,3-4,17H2/p+1. The SMILES string of the molecule is [NH3+]CCSc1cc(C(F)(F)F)nc2ccc(F)cc12. The lowest BCUT2D eigenvalue weighted by atomic mass is 10.2. The van der Waals surface area contributed by atoms with Crippen LogP contribution in [0.3, 0.4) is 0 Å². The van der Waals surface area contributed by atoms with Gasteiger partial charge in [0.1, 0.15) is 11.5 Å². The quantitative estimate of drug-likeness (QED) is 0.698. The maximum absolute atomic E-state index is 13.2. The average molecular weight is 291 g/mol. The largest absolute Gasteiger partial charge is 0.433 e. The smallest absolute Gasteiger partial charge is 0.357 e. The number of thioether (sulfide) groups is 1. The van der Waals surface area contributed by atoms with Crippen molar-refractivity contribution in [1.82, 2.24) is 4.98 Å². The van der Waals surface area contributed by atoms with Gasteiger partial charge >= 0.3 is 6.18 Å². The number of pyridine rings is 1. The highest BCUT2D eigenvalue weighted by Crippen LogP contribution is 2.34. The van der Waals surface area contributed by atoms with Gasteiger partial charge in [-0.3, -0.25) is 0 Å². The fraction of sp³-hybridized carbons (Fsp3) is 0.250. The Kier molecular flexibility index (Phi) is 3.96. The zero-order valence-corrected chi connectivity index (χ0v) is 10.6. The number of quaternary nitrogens is 1. The minimum atomic E-state index is -4.51. The molecule has 0 radical (unpaired) electrons. The Morgan fingerprint density at radius 2 is 1.95 bits per heavy atom. The third kappa shape index (κ3) is 3.16. The molecule has 0 unspecified atom stereocenters. The third-order valence-corrected chi connectivity index (χ3v) is 3.57. The number of aromatic nitrogens is 1. The first kappa shape index (κ1) is 14.1. The van der Waals surface area contributed by atoms with Crippen molar-refractivity contribution < 1.29 is 23.3 Å². The molecule has 0 amide bonds. The molecule has 19 heavy (non-hydrogen) atoms. The molecular formula is C12H11F4N2S+. The van der Waals surface area contributed by atoms with E-state index in [4.69, 9.17) is 0 Å². The van der Waals surface area contributed by atoms with Crippen LogP contribution in [0.15, 0.2) is 29.2 Å². The topological polar surface area (TPSA) is 40.5 Å². The van der Waals surface area contributed by atoms with Gasteiger partial charge in [-0.1, -0.05) is 0 Å². The van der Waals surface area contributed by atoms with Crippen LogP contribution >= 0.6 is 11.8 Å². The van der Waals surface area contributed by atoms with E-state index in [0.717, 1.165) is 12.1 Å². The molecule has 1 aromatic carbocycles. The van der Waals surface area contributed by atoms with E-state index in [0.29, 0.717) is 22.6 Å². The molecule has 2 nitrogen and oxygen atoms in total. The van der Waals surface area contributed by atoms with Crippen molar-refractivity contribution in [2.24, 2.45) is 0 Å². The van der Waals surface area contributed by atoms with Crippen LogP contribution < -0.4 is 5.73 Å². The van der Waals surface area contributed by atoms with Crippen LogP contribution in [-0.4, -0.2) is 17.3 Å². The molecule has 0 saturated heterocycles. The van der Waals surface area contributed by atoms with Crippen LogP contribution in [-0.2, 0) is 6.18 Å². The molecule has 2 aromatic rings. The Morgan fingerprint density at radius 1 is 1.21 bits per heavy atom. The van der Waals surface area contributed by atoms with Gasteiger partial charge in [0.25, 0.3) is 0 Å². The second-order valence-electron chi connectivity index (χ2n) is 3.87. The van der Waals surface area contributed by atoms with E-state index in [-0.39, 0.29) is 5.52 Å². The highest BCUT2D eigenvalue weighted by molar-refractivity contribution is 7.99. The summed E-state index contributed by atoms with van der Waals surface area (Å²) < 4.78 is 51.4. The maximum Gasteiger partial charge on any atom is 0.433 e. The molecule has 0 spiro atoms. The van der Waals surface area contributed by atoms with Gasteiger partial charge in [-0.15, -0.1) is 11.8 Å². The fourth-order valence-electron chi connectivity index (χ4n) is 1.61. The third-order valence-electron chi connectivity index (χ3n) is 2.43. The normalized spacial score (nSPS) is 12.1. The number of fused-ring (bicyclic) bond motifs is 1. The molecule has 0 aliphatic heterocycles. The van der Waals surface area contributed by atoms with Crippen molar-refractivity contribution in [3.63, 3.8) is 0 Å². The van der Waals surface area contributed by atoms with Crippen molar-refractivity contribution in [3.8, 4) is 0 Å². The van der Waals surface area contributed by atoms with Crippen molar-refractivity contribution in [1.29, 1.82) is 0 Å². The Bertz CT molecular complexity index is 598.